The molecule has 19 heavy (non-hydrogen) atoms. The average molecular weight is 280 g/mol. The molecule has 0 aliphatic carbocycles. The predicted molar refractivity (Wildman–Crippen MR) is 57.6 cm³/mol. The molecule has 1 rings (SSSR count). The van der Waals surface area contributed by atoms with Gasteiger partial charge < -0.3 is 19.8 Å². The molecular formula is C13H14KLiO4. The quantitative estimate of drug-likeness (QED) is 0.397. The Morgan fingerprint density at radius 3 is 1.89 bits per heavy atom. The SMILES string of the molecule is CCC(C)C(C(=O)[O-])(C(=O)[O-])c1ccccc1.[K+].[Li+]. The number of hydrogen-bond acceptors (Lipinski definition) is 4. The van der Waals surface area contributed by atoms with Gasteiger partial charge in [-0.3, -0.25) is 0 Å². The number of carbonyl (C=O) groups excluding carboxylic acids is 2. The second-order valence-electron chi connectivity index (χ2n) is 4.06. The number of carboxylic acids is 2. The maximum atomic E-state index is 11.3. The number of carboxylic acid groups (broad SMARTS) is 2. The summed E-state index contributed by atoms with van der Waals surface area (Å²) in [5, 5.41) is 22.7. The third kappa shape index (κ3) is 4.18. The molecule has 0 amide bonds. The predicted octanol–water partition coefficient (Wildman–Crippen LogP) is -6.52. The third-order valence-corrected chi connectivity index (χ3v) is 3.22. The number of hydrogen-bond donors (Lipinski definition) is 0. The first-order chi connectivity index (χ1) is 7.97. The van der Waals surface area contributed by atoms with Gasteiger partial charge in [0.25, 0.3) is 0 Å². The molecule has 1 atom stereocenters. The molecule has 0 fully saturated rings. The molecule has 0 spiro atoms. The normalized spacial score (nSPS) is 11.7. The van der Waals surface area contributed by atoms with Gasteiger partial charge in [-0.05, 0) is 11.5 Å². The Kier molecular flexibility index (Phi) is 10.7. The van der Waals surface area contributed by atoms with E-state index in [1.165, 1.54) is 12.1 Å². The molecule has 1 unspecified atom stereocenters. The van der Waals surface area contributed by atoms with Crippen LogP contribution in [0, 0.1) is 5.92 Å². The van der Waals surface area contributed by atoms with Crippen molar-refractivity contribution < 1.29 is 90.0 Å². The van der Waals surface area contributed by atoms with E-state index in [0.29, 0.717) is 6.42 Å². The van der Waals surface area contributed by atoms with Crippen LogP contribution in [0.25, 0.3) is 0 Å². The molecular weight excluding hydrogens is 266 g/mol. The molecule has 0 aliphatic heterocycles. The van der Waals surface area contributed by atoms with Crippen molar-refractivity contribution in [2.45, 2.75) is 25.7 Å². The molecule has 0 saturated carbocycles. The molecule has 0 aliphatic rings. The van der Waals surface area contributed by atoms with Crippen molar-refractivity contribution in [1.29, 1.82) is 0 Å². The Morgan fingerprint density at radius 2 is 1.58 bits per heavy atom. The molecule has 1 aromatic rings. The largest absolute Gasteiger partial charge is 1.00 e. The second-order valence-corrected chi connectivity index (χ2v) is 4.06. The molecule has 92 valence electrons. The number of rotatable bonds is 5. The van der Waals surface area contributed by atoms with Crippen molar-refractivity contribution in [2.75, 3.05) is 0 Å². The van der Waals surface area contributed by atoms with E-state index in [0.717, 1.165) is 0 Å². The molecule has 0 radical (unpaired) electrons. The van der Waals surface area contributed by atoms with Gasteiger partial charge in [0.1, 0.15) is 0 Å². The van der Waals surface area contributed by atoms with Gasteiger partial charge in [0.15, 0.2) is 0 Å². The molecule has 0 heterocycles. The Morgan fingerprint density at radius 1 is 1.16 bits per heavy atom. The number of benzene rings is 1. The number of carbonyl (C=O) groups is 2. The van der Waals surface area contributed by atoms with E-state index in [2.05, 4.69) is 0 Å². The van der Waals surface area contributed by atoms with Crippen LogP contribution in [0.2, 0.25) is 0 Å². The van der Waals surface area contributed by atoms with Crippen molar-refractivity contribution in [3.63, 3.8) is 0 Å². The summed E-state index contributed by atoms with van der Waals surface area (Å²) >= 11 is 0. The van der Waals surface area contributed by atoms with Crippen molar-refractivity contribution in [2.24, 2.45) is 5.92 Å². The molecule has 6 heteroatoms. The van der Waals surface area contributed by atoms with E-state index in [9.17, 15) is 19.8 Å². The van der Waals surface area contributed by atoms with E-state index in [-0.39, 0.29) is 75.8 Å². The Hall–Kier alpha value is 0.394. The zero-order valence-corrected chi connectivity index (χ0v) is 14.9. The molecule has 0 bridgehead atoms. The standard InChI is InChI=1S/C13H16O4.K.Li/c1-3-9(2)13(11(14)15,12(16)17)10-7-5-4-6-8-10;;/h4-9H,3H2,1-2H3,(H,14,15)(H,16,17);;/q;2*+1/p-2. The maximum Gasteiger partial charge on any atom is 1.00 e. The summed E-state index contributed by atoms with van der Waals surface area (Å²) in [5.41, 5.74) is -1.90. The first-order valence-corrected chi connectivity index (χ1v) is 5.46. The van der Waals surface area contributed by atoms with Gasteiger partial charge in [0, 0.05) is 0 Å². The van der Waals surface area contributed by atoms with Gasteiger partial charge in [0.05, 0.1) is 17.4 Å². The van der Waals surface area contributed by atoms with Crippen LogP contribution in [0.4, 0.5) is 0 Å². The molecule has 0 aromatic heterocycles. The minimum Gasteiger partial charge on any atom is -0.549 e. The van der Waals surface area contributed by atoms with Crippen LogP contribution in [-0.4, -0.2) is 11.9 Å². The van der Waals surface area contributed by atoms with Gasteiger partial charge in [-0.2, -0.15) is 0 Å². The summed E-state index contributed by atoms with van der Waals surface area (Å²) in [7, 11) is 0. The first-order valence-electron chi connectivity index (χ1n) is 5.46. The van der Waals surface area contributed by atoms with Crippen LogP contribution in [0.1, 0.15) is 25.8 Å². The zero-order valence-electron chi connectivity index (χ0n) is 11.8. The van der Waals surface area contributed by atoms with E-state index in [1.807, 2.05) is 0 Å². The summed E-state index contributed by atoms with van der Waals surface area (Å²) in [6.45, 7) is 3.30. The fraction of sp³-hybridized carbons (Fsp3) is 0.385. The zero-order chi connectivity index (χ0) is 13.1. The van der Waals surface area contributed by atoms with E-state index >= 15 is 0 Å². The van der Waals surface area contributed by atoms with Crippen LogP contribution in [-0.2, 0) is 15.0 Å². The minimum atomic E-state index is -2.09. The van der Waals surface area contributed by atoms with Crippen LogP contribution in [0.5, 0.6) is 0 Å². The summed E-state index contributed by atoms with van der Waals surface area (Å²) in [6, 6.07) is 7.82. The van der Waals surface area contributed by atoms with Crippen LogP contribution >= 0.6 is 0 Å². The van der Waals surface area contributed by atoms with Gasteiger partial charge in [0.2, 0.25) is 0 Å². The Labute approximate surface area is 167 Å². The molecule has 4 nitrogen and oxygen atoms in total. The monoisotopic (exact) mass is 280 g/mol. The number of aliphatic carboxylic acids is 2. The fourth-order valence-electron chi connectivity index (χ4n) is 2.01. The second kappa shape index (κ2) is 9.35. The van der Waals surface area contributed by atoms with Gasteiger partial charge in [-0.15, -0.1) is 0 Å². The van der Waals surface area contributed by atoms with Crippen molar-refractivity contribution in [3.05, 3.63) is 35.9 Å². The molecule has 0 saturated heterocycles. The van der Waals surface area contributed by atoms with E-state index < -0.39 is 23.3 Å². The average Bonchev–Trinajstić information content (AvgIpc) is 2.30. The van der Waals surface area contributed by atoms with Gasteiger partial charge in [-0.25, -0.2) is 0 Å². The van der Waals surface area contributed by atoms with Crippen LogP contribution in [0.3, 0.4) is 0 Å². The van der Waals surface area contributed by atoms with Crippen molar-refractivity contribution in [3.8, 4) is 0 Å². The van der Waals surface area contributed by atoms with Crippen LogP contribution in [0.15, 0.2) is 30.3 Å². The Balaban J connectivity index is 0. The Bertz CT molecular complexity index is 408. The van der Waals surface area contributed by atoms with Crippen molar-refractivity contribution in [1.82, 2.24) is 0 Å². The van der Waals surface area contributed by atoms with E-state index in [1.54, 1.807) is 32.0 Å². The smallest absolute Gasteiger partial charge is 0.549 e. The maximum absolute atomic E-state index is 11.3. The molecule has 1 aromatic carbocycles. The third-order valence-electron chi connectivity index (χ3n) is 3.22. The summed E-state index contributed by atoms with van der Waals surface area (Å²) < 4.78 is 0. The first kappa shape index (κ1) is 21.7. The van der Waals surface area contributed by atoms with Crippen LogP contribution < -0.4 is 80.5 Å². The van der Waals surface area contributed by atoms with Gasteiger partial charge in [-0.1, -0.05) is 50.6 Å². The summed E-state index contributed by atoms with van der Waals surface area (Å²) in [6.07, 6.45) is 0.400. The van der Waals surface area contributed by atoms with Gasteiger partial charge >= 0.3 is 70.2 Å². The van der Waals surface area contributed by atoms with E-state index in [4.69, 9.17) is 0 Å². The minimum absolute atomic E-state index is 0. The van der Waals surface area contributed by atoms with Crippen molar-refractivity contribution >= 4 is 11.9 Å². The summed E-state index contributed by atoms with van der Waals surface area (Å²) in [5.74, 6) is -3.86. The summed E-state index contributed by atoms with van der Waals surface area (Å²) in [4.78, 5) is 22.7. The topological polar surface area (TPSA) is 80.3 Å². The molecule has 0 N–H and O–H groups in total. The fourth-order valence-corrected chi connectivity index (χ4v) is 2.01.